The average Bonchev–Trinajstić information content (AvgIpc) is 3.14. The van der Waals surface area contributed by atoms with Crippen LogP contribution in [0.3, 0.4) is 0 Å². The zero-order chi connectivity index (χ0) is 40.0. The Morgan fingerprint density at radius 1 is 0.648 bits per heavy atom. The van der Waals surface area contributed by atoms with Crippen LogP contribution >= 0.6 is 7.82 Å². The number of carboxylic acid groups (broad SMARTS) is 1. The summed E-state index contributed by atoms with van der Waals surface area (Å²) in [6.45, 7) is 2.51. The van der Waals surface area contributed by atoms with Crippen LogP contribution in [0, 0.1) is 0 Å². The fourth-order valence-corrected chi connectivity index (χ4v) is 5.68. The Bertz CT molecular complexity index is 1190. The van der Waals surface area contributed by atoms with Crippen LogP contribution in [0.1, 0.15) is 142 Å². The van der Waals surface area contributed by atoms with E-state index in [4.69, 9.17) is 24.8 Å². The predicted molar refractivity (Wildman–Crippen MR) is 217 cm³/mol. The molecule has 11 nitrogen and oxygen atoms in total. The number of hydrogen-bond donors (Lipinski definition) is 3. The molecule has 54 heavy (non-hydrogen) atoms. The number of allylic oxidation sites excluding steroid dienone is 11. The van der Waals surface area contributed by atoms with E-state index < -0.39 is 57.7 Å². The lowest BCUT2D eigenvalue weighted by molar-refractivity contribution is -0.157. The number of unbranched alkanes of at least 4 members (excludes halogenated alkanes) is 13. The highest BCUT2D eigenvalue weighted by Gasteiger charge is 2.27. The van der Waals surface area contributed by atoms with Crippen molar-refractivity contribution in [1.29, 1.82) is 0 Å². The van der Waals surface area contributed by atoms with Crippen LogP contribution in [0.4, 0.5) is 0 Å². The molecule has 0 heterocycles. The quantitative estimate of drug-likeness (QED) is 0.0138. The Hall–Kier alpha value is -3.08. The normalized spacial score (nSPS) is 14.6. The van der Waals surface area contributed by atoms with Gasteiger partial charge in [-0.15, -0.1) is 0 Å². The molecule has 0 radical (unpaired) electrons. The molecule has 0 spiro atoms. The summed E-state index contributed by atoms with van der Waals surface area (Å²) < 4.78 is 32.4. The Labute approximate surface area is 325 Å². The standard InChI is InChI=1S/C42H70NO10P/c1-3-5-7-9-11-13-15-17-19-21-23-25-27-29-31-33-40(44)50-35-38(36-51-54(48,49)52-37-39(43)42(46)47)53-41(45)34-32-30-28-26-24-22-20-18-16-14-12-10-8-6-4-2/h5,7,11,13,17,19,23,25,28,30,32,34,38-39H,3-4,6,8-10,12,14-16,18,20-22,24,26-27,29,31,33,35-37,43H2,1-2H3,(H,46,47)(H,48,49)/b7-5+,13-11+,19-17+,25-23+,30-28+,34-32+/t38-,39+/m1/s1. The largest absolute Gasteiger partial charge is 0.480 e. The van der Waals surface area contributed by atoms with E-state index in [2.05, 4.69) is 67.0 Å². The van der Waals surface area contributed by atoms with Gasteiger partial charge in [-0.3, -0.25) is 18.6 Å². The molecule has 0 amide bonds. The van der Waals surface area contributed by atoms with Crippen molar-refractivity contribution in [2.75, 3.05) is 19.8 Å². The highest BCUT2D eigenvalue weighted by molar-refractivity contribution is 7.47. The van der Waals surface area contributed by atoms with Crippen LogP contribution in [0.5, 0.6) is 0 Å². The molecule has 0 aromatic carbocycles. The Kier molecular flexibility index (Phi) is 34.8. The number of phosphoric ester groups is 1. The SMILES string of the molecule is CC/C=C/C/C=C/C/C=C/C/C=C/CCCCC(=O)OC[C@H](COP(=O)(O)OC[C@H](N)C(=O)O)OC(=O)/C=C/C=C/CCCCCCCCCCCCC. The van der Waals surface area contributed by atoms with E-state index in [1.54, 1.807) is 6.08 Å². The zero-order valence-corrected chi connectivity index (χ0v) is 33.9. The number of esters is 2. The van der Waals surface area contributed by atoms with Gasteiger partial charge in [0.15, 0.2) is 6.10 Å². The molecule has 0 aromatic heterocycles. The van der Waals surface area contributed by atoms with E-state index >= 15 is 0 Å². The second-order valence-corrected chi connectivity index (χ2v) is 14.6. The minimum Gasteiger partial charge on any atom is -0.480 e. The number of carbonyl (C=O) groups is 3. The van der Waals surface area contributed by atoms with Gasteiger partial charge in [0.1, 0.15) is 12.6 Å². The number of rotatable bonds is 36. The van der Waals surface area contributed by atoms with Crippen molar-refractivity contribution < 1.29 is 47.5 Å². The highest BCUT2D eigenvalue weighted by atomic mass is 31.2. The highest BCUT2D eigenvalue weighted by Crippen LogP contribution is 2.43. The van der Waals surface area contributed by atoms with Gasteiger partial charge in [-0.1, -0.05) is 145 Å². The minimum atomic E-state index is -4.75. The summed E-state index contributed by atoms with van der Waals surface area (Å²) in [6.07, 6.45) is 43.3. The average molecular weight is 780 g/mol. The Morgan fingerprint density at radius 2 is 1.17 bits per heavy atom. The minimum absolute atomic E-state index is 0.146. The van der Waals surface area contributed by atoms with Crippen molar-refractivity contribution in [2.24, 2.45) is 5.73 Å². The third-order valence-corrected chi connectivity index (χ3v) is 9.00. The van der Waals surface area contributed by atoms with Crippen LogP contribution in [0.25, 0.3) is 0 Å². The van der Waals surface area contributed by atoms with E-state index in [0.717, 1.165) is 57.8 Å². The summed E-state index contributed by atoms with van der Waals surface area (Å²) in [5.74, 6) is -2.71. The van der Waals surface area contributed by atoms with E-state index in [9.17, 15) is 23.8 Å². The summed E-state index contributed by atoms with van der Waals surface area (Å²) in [6, 6.07) is -1.54. The van der Waals surface area contributed by atoms with Crippen molar-refractivity contribution in [3.8, 4) is 0 Å². The lowest BCUT2D eigenvalue weighted by atomic mass is 10.1. The van der Waals surface area contributed by atoms with E-state index in [1.807, 2.05) is 6.08 Å². The third-order valence-electron chi connectivity index (χ3n) is 8.05. The van der Waals surface area contributed by atoms with E-state index in [1.165, 1.54) is 69.9 Å². The van der Waals surface area contributed by atoms with Crippen LogP contribution in [-0.2, 0) is 37.5 Å². The summed E-state index contributed by atoms with van der Waals surface area (Å²) in [5, 5.41) is 8.86. The second-order valence-electron chi connectivity index (χ2n) is 13.1. The van der Waals surface area contributed by atoms with Gasteiger partial charge >= 0.3 is 25.7 Å². The lowest BCUT2D eigenvalue weighted by Gasteiger charge is -2.19. The zero-order valence-electron chi connectivity index (χ0n) is 33.0. The molecule has 0 aliphatic rings. The maximum absolute atomic E-state index is 12.5. The first-order chi connectivity index (χ1) is 26.1. The van der Waals surface area contributed by atoms with Crippen LogP contribution < -0.4 is 5.73 Å². The maximum atomic E-state index is 12.5. The maximum Gasteiger partial charge on any atom is 0.472 e. The molecule has 3 atom stereocenters. The molecule has 0 rings (SSSR count). The molecule has 308 valence electrons. The fraction of sp³-hybridized carbons (Fsp3) is 0.643. The molecule has 4 N–H and O–H groups in total. The monoisotopic (exact) mass is 779 g/mol. The van der Waals surface area contributed by atoms with Crippen molar-refractivity contribution in [3.63, 3.8) is 0 Å². The number of carboxylic acids is 1. The molecule has 0 aliphatic heterocycles. The number of phosphoric acid groups is 1. The smallest absolute Gasteiger partial charge is 0.472 e. The Balaban J connectivity index is 4.61. The molecule has 0 fully saturated rings. The first-order valence-electron chi connectivity index (χ1n) is 20.0. The first-order valence-corrected chi connectivity index (χ1v) is 21.5. The molecule has 0 saturated carbocycles. The summed E-state index contributed by atoms with van der Waals surface area (Å²) in [7, 11) is -4.75. The van der Waals surface area contributed by atoms with Gasteiger partial charge in [0.2, 0.25) is 0 Å². The first kappa shape index (κ1) is 50.9. The molecular formula is C42H70NO10P. The number of aliphatic carboxylic acids is 1. The predicted octanol–water partition coefficient (Wildman–Crippen LogP) is 10.2. The van der Waals surface area contributed by atoms with Crippen LogP contribution in [0.2, 0.25) is 0 Å². The fourth-order valence-electron chi connectivity index (χ4n) is 4.90. The molecule has 0 bridgehead atoms. The molecule has 0 aromatic rings. The topological polar surface area (TPSA) is 172 Å². The number of hydrogen-bond acceptors (Lipinski definition) is 9. The number of carbonyl (C=O) groups excluding carboxylic acids is 2. The van der Waals surface area contributed by atoms with Crippen molar-refractivity contribution in [2.45, 2.75) is 154 Å². The van der Waals surface area contributed by atoms with Gasteiger partial charge in [0.05, 0.1) is 13.2 Å². The van der Waals surface area contributed by atoms with Crippen LogP contribution in [0.15, 0.2) is 72.9 Å². The summed E-state index contributed by atoms with van der Waals surface area (Å²) in [4.78, 5) is 45.7. The van der Waals surface area contributed by atoms with Crippen LogP contribution in [-0.4, -0.2) is 59.9 Å². The van der Waals surface area contributed by atoms with Gasteiger partial charge in [-0.05, 0) is 57.8 Å². The third kappa shape index (κ3) is 35.9. The van der Waals surface area contributed by atoms with Crippen molar-refractivity contribution in [1.82, 2.24) is 0 Å². The van der Waals surface area contributed by atoms with Crippen molar-refractivity contribution >= 4 is 25.7 Å². The molecule has 0 aliphatic carbocycles. The second kappa shape index (κ2) is 36.9. The summed E-state index contributed by atoms with van der Waals surface area (Å²) >= 11 is 0. The lowest BCUT2D eigenvalue weighted by Crippen LogP contribution is -2.34. The molecule has 0 saturated heterocycles. The van der Waals surface area contributed by atoms with E-state index in [0.29, 0.717) is 6.42 Å². The van der Waals surface area contributed by atoms with Gasteiger partial charge < -0.3 is 25.2 Å². The Morgan fingerprint density at radius 3 is 1.76 bits per heavy atom. The van der Waals surface area contributed by atoms with Gasteiger partial charge in [0.25, 0.3) is 0 Å². The van der Waals surface area contributed by atoms with Crippen molar-refractivity contribution in [3.05, 3.63) is 72.9 Å². The van der Waals surface area contributed by atoms with E-state index in [-0.39, 0.29) is 6.42 Å². The van der Waals surface area contributed by atoms with Gasteiger partial charge in [0, 0.05) is 12.5 Å². The molecule has 1 unspecified atom stereocenters. The molecule has 12 heteroatoms. The molecular weight excluding hydrogens is 709 g/mol. The van der Waals surface area contributed by atoms with Gasteiger partial charge in [-0.2, -0.15) is 0 Å². The summed E-state index contributed by atoms with van der Waals surface area (Å²) in [5.41, 5.74) is 5.31. The number of nitrogens with two attached hydrogens (primary N) is 1. The number of ether oxygens (including phenoxy) is 2. The van der Waals surface area contributed by atoms with Gasteiger partial charge in [-0.25, -0.2) is 9.36 Å².